The number of rotatable bonds is 3. The lowest BCUT2D eigenvalue weighted by Gasteiger charge is -2.30. The summed E-state index contributed by atoms with van der Waals surface area (Å²) in [5.41, 5.74) is 1.47. The molecule has 0 aromatic heterocycles. The van der Waals surface area contributed by atoms with Crippen molar-refractivity contribution >= 4 is 0 Å². The van der Waals surface area contributed by atoms with Gasteiger partial charge in [-0.05, 0) is 53.2 Å². The zero-order valence-electron chi connectivity index (χ0n) is 12.7. The van der Waals surface area contributed by atoms with Crippen LogP contribution >= 0.6 is 0 Å². The molecule has 1 aliphatic heterocycles. The van der Waals surface area contributed by atoms with Gasteiger partial charge in [-0.25, -0.2) is 0 Å². The smallest absolute Gasteiger partial charge is 0.189 e. The van der Waals surface area contributed by atoms with Crippen molar-refractivity contribution in [1.82, 2.24) is 0 Å². The van der Waals surface area contributed by atoms with E-state index >= 15 is 0 Å². The first-order chi connectivity index (χ1) is 8.78. The Balaban J connectivity index is 2.39. The normalized spacial score (nSPS) is 21.6. The summed E-state index contributed by atoms with van der Waals surface area (Å²) in [4.78, 5) is 0. The average Bonchev–Trinajstić information content (AvgIpc) is 2.48. The van der Waals surface area contributed by atoms with Gasteiger partial charge < -0.3 is 14.2 Å². The molecule has 106 valence electrons. The Labute approximate surface area is 115 Å². The summed E-state index contributed by atoms with van der Waals surface area (Å²) in [6.45, 7) is 12.9. The fraction of sp³-hybridized carbons (Fsp3) is 0.625. The summed E-state index contributed by atoms with van der Waals surface area (Å²) in [5, 5.41) is 0. The first kappa shape index (κ1) is 14.4. The fourth-order valence-corrected chi connectivity index (χ4v) is 2.20. The predicted molar refractivity (Wildman–Crippen MR) is 75.4 cm³/mol. The molecule has 0 spiro atoms. The van der Waals surface area contributed by atoms with Gasteiger partial charge in [0.1, 0.15) is 5.75 Å². The minimum atomic E-state index is -0.368. The van der Waals surface area contributed by atoms with E-state index in [0.29, 0.717) is 6.61 Å². The van der Waals surface area contributed by atoms with Crippen molar-refractivity contribution in [1.29, 1.82) is 0 Å². The first-order valence-electron chi connectivity index (χ1n) is 6.86. The standard InChI is InChI=1S/C16H24O3/c1-7-17-12-10-8-9-11(2)13(12)14-18-15(3,4)16(5,6)19-14/h8-10,14H,7H2,1-6H3. The van der Waals surface area contributed by atoms with E-state index in [-0.39, 0.29) is 17.5 Å². The highest BCUT2D eigenvalue weighted by molar-refractivity contribution is 5.41. The second kappa shape index (κ2) is 4.80. The summed E-state index contributed by atoms with van der Waals surface area (Å²) < 4.78 is 17.9. The Morgan fingerprint density at radius 3 is 2.21 bits per heavy atom. The van der Waals surface area contributed by atoms with Gasteiger partial charge in [-0.1, -0.05) is 12.1 Å². The zero-order chi connectivity index (χ0) is 14.3. The van der Waals surface area contributed by atoms with Crippen LogP contribution in [0.2, 0.25) is 0 Å². The highest BCUT2D eigenvalue weighted by atomic mass is 16.7. The highest BCUT2D eigenvalue weighted by Gasteiger charge is 2.50. The van der Waals surface area contributed by atoms with E-state index in [2.05, 4.69) is 40.7 Å². The molecule has 0 aliphatic carbocycles. The third kappa shape index (κ3) is 2.49. The van der Waals surface area contributed by atoms with Crippen molar-refractivity contribution in [3.8, 4) is 5.75 Å². The largest absolute Gasteiger partial charge is 0.493 e. The summed E-state index contributed by atoms with van der Waals surface area (Å²) in [6, 6.07) is 6.02. The maximum atomic E-state index is 6.12. The maximum absolute atomic E-state index is 6.12. The topological polar surface area (TPSA) is 27.7 Å². The Kier molecular flexibility index (Phi) is 3.63. The van der Waals surface area contributed by atoms with Crippen LogP contribution in [0, 0.1) is 6.92 Å². The lowest BCUT2D eigenvalue weighted by atomic mass is 9.90. The van der Waals surface area contributed by atoms with Crippen molar-refractivity contribution in [2.24, 2.45) is 0 Å². The van der Waals surface area contributed by atoms with E-state index in [1.165, 1.54) is 0 Å². The number of ether oxygens (including phenoxy) is 3. The van der Waals surface area contributed by atoms with Crippen molar-refractivity contribution in [3.05, 3.63) is 29.3 Å². The Morgan fingerprint density at radius 2 is 1.68 bits per heavy atom. The van der Waals surface area contributed by atoms with Crippen molar-refractivity contribution in [2.75, 3.05) is 6.61 Å². The maximum Gasteiger partial charge on any atom is 0.189 e. The number of benzene rings is 1. The van der Waals surface area contributed by atoms with Crippen LogP contribution in [0.25, 0.3) is 0 Å². The van der Waals surface area contributed by atoms with E-state index in [0.717, 1.165) is 16.9 Å². The summed E-state index contributed by atoms with van der Waals surface area (Å²) in [7, 11) is 0. The van der Waals surface area contributed by atoms with Gasteiger partial charge in [-0.15, -0.1) is 0 Å². The average molecular weight is 264 g/mol. The van der Waals surface area contributed by atoms with E-state index in [1.54, 1.807) is 0 Å². The van der Waals surface area contributed by atoms with Crippen LogP contribution in [-0.2, 0) is 9.47 Å². The van der Waals surface area contributed by atoms with Crippen LogP contribution in [0.5, 0.6) is 5.75 Å². The molecule has 1 aliphatic rings. The highest BCUT2D eigenvalue weighted by Crippen LogP contribution is 2.47. The molecule has 2 rings (SSSR count). The van der Waals surface area contributed by atoms with Crippen LogP contribution < -0.4 is 4.74 Å². The summed E-state index contributed by atoms with van der Waals surface area (Å²) in [6.07, 6.45) is -0.368. The molecule has 0 radical (unpaired) electrons. The second-order valence-corrected chi connectivity index (χ2v) is 6.01. The quantitative estimate of drug-likeness (QED) is 0.826. The van der Waals surface area contributed by atoms with Gasteiger partial charge in [0.25, 0.3) is 0 Å². The SMILES string of the molecule is CCOc1cccc(C)c1C1OC(C)(C)C(C)(C)O1. The van der Waals surface area contributed by atoms with Crippen molar-refractivity contribution < 1.29 is 14.2 Å². The Hall–Kier alpha value is -1.06. The molecule has 1 saturated heterocycles. The number of hydrogen-bond acceptors (Lipinski definition) is 3. The third-order valence-corrected chi connectivity index (χ3v) is 4.07. The van der Waals surface area contributed by atoms with Gasteiger partial charge in [-0.3, -0.25) is 0 Å². The van der Waals surface area contributed by atoms with E-state index in [1.807, 2.05) is 19.1 Å². The van der Waals surface area contributed by atoms with Crippen LogP contribution in [0.3, 0.4) is 0 Å². The molecule has 0 N–H and O–H groups in total. The molecule has 0 amide bonds. The molecule has 1 aromatic carbocycles. The molecular formula is C16H24O3. The Morgan fingerprint density at radius 1 is 1.11 bits per heavy atom. The summed E-state index contributed by atoms with van der Waals surface area (Å²) in [5.74, 6) is 0.848. The van der Waals surface area contributed by atoms with Gasteiger partial charge in [-0.2, -0.15) is 0 Å². The van der Waals surface area contributed by atoms with E-state index in [9.17, 15) is 0 Å². The zero-order valence-corrected chi connectivity index (χ0v) is 12.7. The third-order valence-electron chi connectivity index (χ3n) is 4.07. The molecule has 1 heterocycles. The lowest BCUT2D eigenvalue weighted by molar-refractivity contribution is -0.0910. The van der Waals surface area contributed by atoms with Crippen LogP contribution in [0.1, 0.15) is 52.0 Å². The van der Waals surface area contributed by atoms with Gasteiger partial charge in [0.15, 0.2) is 6.29 Å². The molecule has 19 heavy (non-hydrogen) atoms. The molecule has 1 aromatic rings. The Bertz CT molecular complexity index is 447. The van der Waals surface area contributed by atoms with Crippen LogP contribution in [0.4, 0.5) is 0 Å². The van der Waals surface area contributed by atoms with Crippen LogP contribution in [0.15, 0.2) is 18.2 Å². The van der Waals surface area contributed by atoms with E-state index in [4.69, 9.17) is 14.2 Å². The first-order valence-corrected chi connectivity index (χ1v) is 6.86. The predicted octanol–water partition coefficient (Wildman–Crippen LogP) is 4.00. The fourth-order valence-electron chi connectivity index (χ4n) is 2.20. The molecule has 3 heteroatoms. The van der Waals surface area contributed by atoms with Crippen molar-refractivity contribution in [3.63, 3.8) is 0 Å². The van der Waals surface area contributed by atoms with Crippen molar-refractivity contribution in [2.45, 2.75) is 59.0 Å². The molecule has 1 fully saturated rings. The van der Waals surface area contributed by atoms with Gasteiger partial charge >= 0.3 is 0 Å². The van der Waals surface area contributed by atoms with Gasteiger partial charge in [0, 0.05) is 0 Å². The minimum Gasteiger partial charge on any atom is -0.493 e. The lowest BCUT2D eigenvalue weighted by Crippen LogP contribution is -2.41. The number of hydrogen-bond donors (Lipinski definition) is 0. The number of aryl methyl sites for hydroxylation is 1. The monoisotopic (exact) mass is 264 g/mol. The minimum absolute atomic E-state index is 0.330. The molecule has 0 saturated carbocycles. The molecular weight excluding hydrogens is 240 g/mol. The van der Waals surface area contributed by atoms with Gasteiger partial charge in [0.2, 0.25) is 0 Å². The molecule has 0 unspecified atom stereocenters. The van der Waals surface area contributed by atoms with Gasteiger partial charge in [0.05, 0.1) is 23.4 Å². The summed E-state index contributed by atoms with van der Waals surface area (Å²) >= 11 is 0. The molecule has 3 nitrogen and oxygen atoms in total. The van der Waals surface area contributed by atoms with E-state index < -0.39 is 0 Å². The molecule has 0 atom stereocenters. The molecule has 0 bridgehead atoms. The van der Waals surface area contributed by atoms with Crippen LogP contribution in [-0.4, -0.2) is 17.8 Å². The second-order valence-electron chi connectivity index (χ2n) is 6.01.